The van der Waals surface area contributed by atoms with Crippen molar-refractivity contribution in [3.05, 3.63) is 0 Å². The first-order valence-corrected chi connectivity index (χ1v) is 5.60. The summed E-state index contributed by atoms with van der Waals surface area (Å²) in [6.07, 6.45) is 3.34. The summed E-state index contributed by atoms with van der Waals surface area (Å²) in [5, 5.41) is 6.30. The second-order valence-electron chi connectivity index (χ2n) is 4.09. The van der Waals surface area contributed by atoms with Crippen molar-refractivity contribution in [2.24, 2.45) is 0 Å². The van der Waals surface area contributed by atoms with E-state index in [-0.39, 0.29) is 36.8 Å². The number of hydrogen-bond acceptors (Lipinski definition) is 3. The van der Waals surface area contributed by atoms with Gasteiger partial charge in [-0.15, -0.1) is 24.8 Å². The summed E-state index contributed by atoms with van der Waals surface area (Å²) < 4.78 is 0. The van der Waals surface area contributed by atoms with E-state index in [0.29, 0.717) is 0 Å². The Kier molecular flexibility index (Phi) is 8.10. The molecule has 96 valence electrons. The maximum atomic E-state index is 11.7. The number of amides is 1. The van der Waals surface area contributed by atoms with E-state index in [4.69, 9.17) is 0 Å². The van der Waals surface area contributed by atoms with Crippen LogP contribution in [0.2, 0.25) is 0 Å². The van der Waals surface area contributed by atoms with Gasteiger partial charge >= 0.3 is 0 Å². The zero-order valence-corrected chi connectivity index (χ0v) is 11.0. The summed E-state index contributed by atoms with van der Waals surface area (Å²) in [5.41, 5.74) is 0. The normalized spacial score (nSPS) is 27.0. The van der Waals surface area contributed by atoms with Gasteiger partial charge in [0.15, 0.2) is 0 Å². The molecule has 2 fully saturated rings. The second-order valence-corrected chi connectivity index (χ2v) is 4.09. The van der Waals surface area contributed by atoms with Crippen LogP contribution >= 0.6 is 24.8 Å². The van der Waals surface area contributed by atoms with E-state index in [2.05, 4.69) is 15.5 Å². The molecule has 16 heavy (non-hydrogen) atoms. The lowest BCUT2D eigenvalue weighted by Gasteiger charge is -2.33. The summed E-state index contributed by atoms with van der Waals surface area (Å²) in [6.45, 7) is 4.92. The third kappa shape index (κ3) is 4.09. The Balaban J connectivity index is 0.00000112. The van der Waals surface area contributed by atoms with E-state index < -0.39 is 0 Å². The molecule has 0 saturated carbocycles. The quantitative estimate of drug-likeness (QED) is 0.725. The van der Waals surface area contributed by atoms with Gasteiger partial charge in [-0.2, -0.15) is 0 Å². The summed E-state index contributed by atoms with van der Waals surface area (Å²) in [6, 6.07) is 0.139. The Labute approximate surface area is 109 Å². The van der Waals surface area contributed by atoms with Gasteiger partial charge in [0.05, 0.1) is 6.04 Å². The fourth-order valence-corrected chi connectivity index (χ4v) is 2.27. The number of carbonyl (C=O) groups is 1. The van der Waals surface area contributed by atoms with Gasteiger partial charge in [-0.3, -0.25) is 9.69 Å². The molecule has 4 nitrogen and oxygen atoms in total. The Morgan fingerprint density at radius 3 is 2.44 bits per heavy atom. The van der Waals surface area contributed by atoms with E-state index >= 15 is 0 Å². The fraction of sp³-hybridized carbons (Fsp3) is 0.900. The fourth-order valence-electron chi connectivity index (χ4n) is 2.27. The minimum atomic E-state index is 0. The van der Waals surface area contributed by atoms with Crippen LogP contribution in [0.1, 0.15) is 19.3 Å². The van der Waals surface area contributed by atoms with Crippen LogP contribution < -0.4 is 10.6 Å². The van der Waals surface area contributed by atoms with E-state index in [1.54, 1.807) is 0 Å². The van der Waals surface area contributed by atoms with Crippen molar-refractivity contribution in [1.82, 2.24) is 15.5 Å². The van der Waals surface area contributed by atoms with Crippen LogP contribution in [0.25, 0.3) is 0 Å². The largest absolute Gasteiger partial charge is 0.355 e. The highest BCUT2D eigenvalue weighted by molar-refractivity contribution is 5.85. The van der Waals surface area contributed by atoms with Crippen LogP contribution in [-0.2, 0) is 4.79 Å². The van der Waals surface area contributed by atoms with Crippen molar-refractivity contribution in [3.63, 3.8) is 0 Å². The number of rotatable bonds is 1. The third-order valence-electron chi connectivity index (χ3n) is 3.10. The number of hydrogen-bond donors (Lipinski definition) is 2. The topological polar surface area (TPSA) is 44.4 Å². The number of carbonyl (C=O) groups excluding carboxylic acids is 1. The molecule has 0 radical (unpaired) electrons. The van der Waals surface area contributed by atoms with E-state index in [1.807, 2.05) is 0 Å². The molecule has 0 spiro atoms. The average Bonchev–Trinajstić information content (AvgIpc) is 2.44. The molecule has 2 aliphatic heterocycles. The van der Waals surface area contributed by atoms with Gasteiger partial charge in [0, 0.05) is 32.7 Å². The van der Waals surface area contributed by atoms with E-state index in [0.717, 1.165) is 45.6 Å². The van der Waals surface area contributed by atoms with Crippen molar-refractivity contribution in [2.75, 3.05) is 32.7 Å². The number of nitrogens with zero attached hydrogens (tertiary/aromatic N) is 1. The average molecular weight is 270 g/mol. The second kappa shape index (κ2) is 8.12. The first kappa shape index (κ1) is 16.0. The van der Waals surface area contributed by atoms with Gasteiger partial charge in [0.2, 0.25) is 5.91 Å². The third-order valence-corrected chi connectivity index (χ3v) is 3.10. The minimum absolute atomic E-state index is 0. The summed E-state index contributed by atoms with van der Waals surface area (Å²) in [7, 11) is 0. The minimum Gasteiger partial charge on any atom is -0.355 e. The SMILES string of the molecule is Cl.Cl.O=C1NCCCCC1N1CCNCC1. The molecule has 0 bridgehead atoms. The highest BCUT2D eigenvalue weighted by Crippen LogP contribution is 2.12. The van der Waals surface area contributed by atoms with E-state index in [1.165, 1.54) is 6.42 Å². The maximum absolute atomic E-state index is 11.7. The van der Waals surface area contributed by atoms with Crippen LogP contribution in [0.5, 0.6) is 0 Å². The molecule has 0 aromatic carbocycles. The van der Waals surface area contributed by atoms with Crippen molar-refractivity contribution in [2.45, 2.75) is 25.3 Å². The van der Waals surface area contributed by atoms with Crippen LogP contribution in [0.15, 0.2) is 0 Å². The van der Waals surface area contributed by atoms with Gasteiger partial charge in [-0.05, 0) is 19.3 Å². The number of nitrogens with one attached hydrogen (secondary N) is 2. The molecular weight excluding hydrogens is 249 g/mol. The molecule has 1 atom stereocenters. The van der Waals surface area contributed by atoms with Gasteiger partial charge in [0.1, 0.15) is 0 Å². The number of halogens is 2. The number of piperazine rings is 1. The highest BCUT2D eigenvalue weighted by atomic mass is 35.5. The molecular formula is C10H21Cl2N3O. The van der Waals surface area contributed by atoms with Crippen LogP contribution in [0.4, 0.5) is 0 Å². The van der Waals surface area contributed by atoms with Gasteiger partial charge in [-0.25, -0.2) is 0 Å². The lowest BCUT2D eigenvalue weighted by molar-refractivity contribution is -0.126. The first-order chi connectivity index (χ1) is 6.88. The van der Waals surface area contributed by atoms with Gasteiger partial charge in [0.25, 0.3) is 0 Å². The zero-order valence-electron chi connectivity index (χ0n) is 9.41. The lowest BCUT2D eigenvalue weighted by atomic mass is 10.1. The van der Waals surface area contributed by atoms with Crippen molar-refractivity contribution in [3.8, 4) is 0 Å². The molecule has 2 saturated heterocycles. The molecule has 2 heterocycles. The smallest absolute Gasteiger partial charge is 0.237 e. The van der Waals surface area contributed by atoms with Crippen LogP contribution in [-0.4, -0.2) is 49.6 Å². The van der Waals surface area contributed by atoms with E-state index in [9.17, 15) is 4.79 Å². The standard InChI is InChI=1S/C10H19N3O.2ClH/c14-10-9(3-1-2-4-12-10)13-7-5-11-6-8-13;;/h9,11H,1-8H2,(H,12,14);2*1H. The summed E-state index contributed by atoms with van der Waals surface area (Å²) in [5.74, 6) is 0.240. The van der Waals surface area contributed by atoms with Crippen LogP contribution in [0, 0.1) is 0 Å². The molecule has 0 aromatic rings. The Bertz CT molecular complexity index is 210. The molecule has 2 rings (SSSR count). The predicted molar refractivity (Wildman–Crippen MR) is 69.6 cm³/mol. The molecule has 2 aliphatic rings. The molecule has 1 amide bonds. The zero-order chi connectivity index (χ0) is 9.80. The molecule has 6 heteroatoms. The highest BCUT2D eigenvalue weighted by Gasteiger charge is 2.27. The predicted octanol–water partition coefficient (Wildman–Crippen LogP) is 0.404. The van der Waals surface area contributed by atoms with Crippen LogP contribution in [0.3, 0.4) is 0 Å². The maximum Gasteiger partial charge on any atom is 0.237 e. The molecule has 1 unspecified atom stereocenters. The Hall–Kier alpha value is -0.0300. The van der Waals surface area contributed by atoms with Crippen molar-refractivity contribution >= 4 is 30.7 Å². The summed E-state index contributed by atoms with van der Waals surface area (Å²) in [4.78, 5) is 14.1. The molecule has 2 N–H and O–H groups in total. The molecule has 0 aliphatic carbocycles. The Morgan fingerprint density at radius 1 is 1.06 bits per heavy atom. The van der Waals surface area contributed by atoms with Gasteiger partial charge in [-0.1, -0.05) is 0 Å². The monoisotopic (exact) mass is 269 g/mol. The molecule has 0 aromatic heterocycles. The van der Waals surface area contributed by atoms with Crippen molar-refractivity contribution in [1.29, 1.82) is 0 Å². The summed E-state index contributed by atoms with van der Waals surface area (Å²) >= 11 is 0. The van der Waals surface area contributed by atoms with Crippen molar-refractivity contribution < 1.29 is 4.79 Å². The Morgan fingerprint density at radius 2 is 1.75 bits per heavy atom. The first-order valence-electron chi connectivity index (χ1n) is 5.60. The van der Waals surface area contributed by atoms with Gasteiger partial charge < -0.3 is 10.6 Å². The lowest BCUT2D eigenvalue weighted by Crippen LogP contribution is -2.53.